The second-order valence-corrected chi connectivity index (χ2v) is 6.79. The molecule has 0 saturated carbocycles. The third-order valence-corrected chi connectivity index (χ3v) is 3.38. The number of nitrogens with one attached hydrogen (secondary N) is 2. The quantitative estimate of drug-likeness (QED) is 0.804. The van der Waals surface area contributed by atoms with E-state index < -0.39 is 5.60 Å². The molecule has 0 fully saturated rings. The second-order valence-electron chi connectivity index (χ2n) is 6.79. The van der Waals surface area contributed by atoms with Crippen LogP contribution in [0, 0.1) is 0 Å². The third kappa shape index (κ3) is 7.88. The highest BCUT2D eigenvalue weighted by Gasteiger charge is 2.17. The summed E-state index contributed by atoms with van der Waals surface area (Å²) in [4.78, 5) is 11.7. The fourth-order valence-corrected chi connectivity index (χ4v) is 2.13. The average Bonchev–Trinajstić information content (AvgIpc) is 2.45. The molecule has 1 amide bonds. The Bertz CT molecular complexity index is 497. The van der Waals surface area contributed by atoms with E-state index >= 15 is 0 Å². The summed E-state index contributed by atoms with van der Waals surface area (Å²) in [7, 11) is 1.67. The van der Waals surface area contributed by atoms with E-state index in [2.05, 4.69) is 23.6 Å². The highest BCUT2D eigenvalue weighted by Crippen LogP contribution is 2.18. The summed E-state index contributed by atoms with van der Waals surface area (Å²) in [5.74, 6) is 0.858. The van der Waals surface area contributed by atoms with Gasteiger partial charge >= 0.3 is 6.09 Å². The van der Waals surface area contributed by atoms with Crippen molar-refractivity contribution in [1.29, 1.82) is 0 Å². The van der Waals surface area contributed by atoms with Crippen molar-refractivity contribution >= 4 is 6.09 Å². The molecule has 0 aliphatic carbocycles. The van der Waals surface area contributed by atoms with Gasteiger partial charge < -0.3 is 20.1 Å². The number of ether oxygens (including phenoxy) is 2. The minimum Gasteiger partial charge on any atom is -0.497 e. The monoisotopic (exact) mass is 322 g/mol. The Kier molecular flexibility index (Phi) is 7.36. The van der Waals surface area contributed by atoms with Crippen LogP contribution in [0.2, 0.25) is 0 Å². The van der Waals surface area contributed by atoms with E-state index in [1.807, 2.05) is 45.9 Å². The average molecular weight is 322 g/mol. The van der Waals surface area contributed by atoms with Crippen LogP contribution in [0.3, 0.4) is 0 Å². The maximum absolute atomic E-state index is 11.7. The number of methoxy groups -OCH3 is 1. The summed E-state index contributed by atoms with van der Waals surface area (Å²) in [5, 5.41) is 6.30. The molecular formula is C18H30N2O3. The van der Waals surface area contributed by atoms with Gasteiger partial charge in [0, 0.05) is 12.1 Å². The maximum atomic E-state index is 11.7. The number of hydrogen-bond acceptors (Lipinski definition) is 4. The number of rotatable bonds is 7. The van der Waals surface area contributed by atoms with Crippen molar-refractivity contribution in [2.24, 2.45) is 0 Å². The molecule has 0 saturated heterocycles. The molecule has 2 unspecified atom stereocenters. The van der Waals surface area contributed by atoms with E-state index in [9.17, 15) is 4.79 Å². The fourth-order valence-electron chi connectivity index (χ4n) is 2.13. The van der Waals surface area contributed by atoms with E-state index in [1.165, 1.54) is 5.56 Å². The largest absolute Gasteiger partial charge is 0.497 e. The first-order valence-electron chi connectivity index (χ1n) is 8.08. The number of hydrogen-bond donors (Lipinski definition) is 2. The van der Waals surface area contributed by atoms with Crippen LogP contribution in [0.15, 0.2) is 24.3 Å². The fraction of sp³-hybridized carbons (Fsp3) is 0.611. The highest BCUT2D eigenvalue weighted by atomic mass is 16.6. The Labute approximate surface area is 139 Å². The number of carbonyl (C=O) groups excluding carboxylic acids is 1. The van der Waals surface area contributed by atoms with Gasteiger partial charge in [-0.05, 0) is 65.3 Å². The molecule has 5 nitrogen and oxygen atoms in total. The number of benzene rings is 1. The van der Waals surface area contributed by atoms with Crippen molar-refractivity contribution < 1.29 is 14.3 Å². The Morgan fingerprint density at radius 1 is 1.26 bits per heavy atom. The van der Waals surface area contributed by atoms with Crippen molar-refractivity contribution in [3.63, 3.8) is 0 Å². The van der Waals surface area contributed by atoms with Crippen LogP contribution in [-0.2, 0) is 4.74 Å². The van der Waals surface area contributed by atoms with Gasteiger partial charge in [-0.2, -0.15) is 0 Å². The first-order valence-corrected chi connectivity index (χ1v) is 8.08. The second kappa shape index (κ2) is 8.77. The van der Waals surface area contributed by atoms with Gasteiger partial charge in [-0.1, -0.05) is 12.1 Å². The molecule has 0 aromatic heterocycles. The third-order valence-electron chi connectivity index (χ3n) is 3.38. The van der Waals surface area contributed by atoms with E-state index in [4.69, 9.17) is 9.47 Å². The van der Waals surface area contributed by atoms with Gasteiger partial charge in [-0.15, -0.1) is 0 Å². The van der Waals surface area contributed by atoms with E-state index in [1.54, 1.807) is 7.11 Å². The molecule has 2 N–H and O–H groups in total. The smallest absolute Gasteiger partial charge is 0.407 e. The van der Waals surface area contributed by atoms with Crippen molar-refractivity contribution in [3.8, 4) is 5.75 Å². The summed E-state index contributed by atoms with van der Waals surface area (Å²) in [6.07, 6.45) is 0.457. The van der Waals surface area contributed by atoms with Gasteiger partial charge in [0.2, 0.25) is 0 Å². The van der Waals surface area contributed by atoms with Crippen molar-refractivity contribution in [3.05, 3.63) is 29.8 Å². The predicted molar refractivity (Wildman–Crippen MR) is 92.9 cm³/mol. The first kappa shape index (κ1) is 19.3. The Morgan fingerprint density at radius 3 is 2.57 bits per heavy atom. The van der Waals surface area contributed by atoms with Crippen molar-refractivity contribution in [1.82, 2.24) is 10.6 Å². The number of carbonyl (C=O) groups is 1. The molecule has 1 aromatic carbocycles. The lowest BCUT2D eigenvalue weighted by molar-refractivity contribution is 0.0506. The van der Waals surface area contributed by atoms with Crippen molar-refractivity contribution in [2.75, 3.05) is 13.7 Å². The standard InChI is InChI=1S/C18H30N2O3/c1-13(20-17(21)23-18(3,4)5)10-11-19-14(2)15-8-7-9-16(12-15)22-6/h7-9,12-14,19H,10-11H2,1-6H3,(H,20,21). The van der Waals surface area contributed by atoms with Crippen LogP contribution in [-0.4, -0.2) is 31.4 Å². The van der Waals surface area contributed by atoms with Gasteiger partial charge in [0.25, 0.3) is 0 Å². The Hall–Kier alpha value is -1.75. The van der Waals surface area contributed by atoms with E-state index in [0.29, 0.717) is 0 Å². The molecule has 130 valence electrons. The zero-order valence-corrected chi connectivity index (χ0v) is 15.1. The summed E-state index contributed by atoms with van der Waals surface area (Å²) < 4.78 is 10.5. The molecule has 0 spiro atoms. The SMILES string of the molecule is COc1cccc(C(C)NCCC(C)NC(=O)OC(C)(C)C)c1. The summed E-state index contributed by atoms with van der Waals surface area (Å²) >= 11 is 0. The molecule has 1 aromatic rings. The molecule has 23 heavy (non-hydrogen) atoms. The zero-order valence-electron chi connectivity index (χ0n) is 15.1. The minimum atomic E-state index is -0.469. The summed E-state index contributed by atoms with van der Waals surface area (Å²) in [5.41, 5.74) is 0.709. The number of amides is 1. The van der Waals surface area contributed by atoms with Gasteiger partial charge in [0.05, 0.1) is 7.11 Å². The number of alkyl carbamates (subject to hydrolysis) is 1. The van der Waals surface area contributed by atoms with Gasteiger partial charge in [-0.25, -0.2) is 4.79 Å². The summed E-state index contributed by atoms with van der Waals surface area (Å²) in [6.45, 7) is 10.5. The minimum absolute atomic E-state index is 0.0508. The molecule has 0 radical (unpaired) electrons. The van der Waals surface area contributed by atoms with Gasteiger partial charge in [0.15, 0.2) is 0 Å². The molecule has 2 atom stereocenters. The molecular weight excluding hydrogens is 292 g/mol. The van der Waals surface area contributed by atoms with Crippen LogP contribution in [0.1, 0.15) is 52.6 Å². The van der Waals surface area contributed by atoms with Crippen LogP contribution in [0.25, 0.3) is 0 Å². The van der Waals surface area contributed by atoms with Crippen LogP contribution in [0.5, 0.6) is 5.75 Å². The Balaban J connectivity index is 2.33. The lowest BCUT2D eigenvalue weighted by atomic mass is 10.1. The predicted octanol–water partition coefficient (Wildman–Crippen LogP) is 3.65. The first-order chi connectivity index (χ1) is 10.7. The summed E-state index contributed by atoms with van der Waals surface area (Å²) in [6, 6.07) is 8.29. The topological polar surface area (TPSA) is 59.6 Å². The maximum Gasteiger partial charge on any atom is 0.407 e. The van der Waals surface area contributed by atoms with Crippen LogP contribution in [0.4, 0.5) is 4.79 Å². The van der Waals surface area contributed by atoms with Gasteiger partial charge in [-0.3, -0.25) is 0 Å². The lowest BCUT2D eigenvalue weighted by Crippen LogP contribution is -2.39. The van der Waals surface area contributed by atoms with Crippen molar-refractivity contribution in [2.45, 2.75) is 58.7 Å². The van der Waals surface area contributed by atoms with E-state index in [-0.39, 0.29) is 18.2 Å². The Morgan fingerprint density at radius 2 is 1.96 bits per heavy atom. The van der Waals surface area contributed by atoms with Crippen LogP contribution < -0.4 is 15.4 Å². The molecule has 0 heterocycles. The van der Waals surface area contributed by atoms with Gasteiger partial charge in [0.1, 0.15) is 11.4 Å². The molecule has 5 heteroatoms. The molecule has 1 rings (SSSR count). The molecule has 0 aliphatic rings. The lowest BCUT2D eigenvalue weighted by Gasteiger charge is -2.22. The molecule has 0 aliphatic heterocycles. The normalized spacial score (nSPS) is 14.0. The molecule has 0 bridgehead atoms. The van der Waals surface area contributed by atoms with E-state index in [0.717, 1.165) is 18.7 Å². The highest BCUT2D eigenvalue weighted by molar-refractivity contribution is 5.67. The zero-order chi connectivity index (χ0) is 17.5. The van der Waals surface area contributed by atoms with Crippen LogP contribution >= 0.6 is 0 Å².